The standard InChI is InChI=1S/C72H125N2O6P/c1-6-8-10-12-14-16-18-20-22-24-26-27-28-29-30-31-32-33-34-35-36-37-38-39-40-41-42-43-44-45-46-47-48-50-52-54-56-58-60-62-64-66-72(76)73-70(69-80-81(77,78)79-68-67-74(3,4)5)71(75)65-63-61-59-57-55-53-51-49-25-23-21-19-17-15-13-11-9-7-2/h8,10,14,16,20,22,26-27,29-30,32-33,35-36,38-39,41-42,55,57,63,65,70-71,75H,6-7,9,11-13,15,17-19,21,23-25,28,31,34,37,40,43-54,56,58-62,64,66-69H2,1-5H3,(H-,73,76,77,78)/p+1/b10-8-,16-14-,22-20-,27-26-,30-29-,33-32-,36-35-,39-38-,42-41-,57-55+,65-63+. The number of hydrogen-bond acceptors (Lipinski definition) is 5. The highest BCUT2D eigenvalue weighted by atomic mass is 31.2. The van der Waals surface area contributed by atoms with Crippen molar-refractivity contribution in [2.45, 2.75) is 276 Å². The SMILES string of the molecule is CC/C=C\C/C=C\C/C=C\C/C=C\C/C=C\C/C=C\C/C=C\C/C=C\C/C=C\CCCCCCCCCCCCCCCC(=O)NC(COP(=O)(O)OCC[N+](C)(C)C)C(O)/C=C/CC/C=C/CCCCCCCCCCCCCC. The number of quaternary nitrogens is 1. The normalized spacial score (nSPS) is 14.6. The molecule has 9 heteroatoms. The zero-order valence-corrected chi connectivity index (χ0v) is 53.9. The van der Waals surface area contributed by atoms with Crippen LogP contribution in [0.3, 0.4) is 0 Å². The number of nitrogens with one attached hydrogen (secondary N) is 1. The van der Waals surface area contributed by atoms with Crippen LogP contribution in [0.15, 0.2) is 134 Å². The van der Waals surface area contributed by atoms with Crippen LogP contribution in [0, 0.1) is 0 Å². The highest BCUT2D eigenvalue weighted by Gasteiger charge is 2.27. The van der Waals surface area contributed by atoms with E-state index in [9.17, 15) is 19.4 Å². The molecule has 3 atom stereocenters. The average molecular weight is 1150 g/mol. The molecule has 0 aliphatic carbocycles. The van der Waals surface area contributed by atoms with Crippen molar-refractivity contribution < 1.29 is 32.9 Å². The van der Waals surface area contributed by atoms with Crippen LogP contribution in [0.2, 0.25) is 0 Å². The lowest BCUT2D eigenvalue weighted by Crippen LogP contribution is -2.45. The largest absolute Gasteiger partial charge is 0.472 e. The minimum Gasteiger partial charge on any atom is -0.387 e. The Morgan fingerprint density at radius 1 is 0.432 bits per heavy atom. The fraction of sp³-hybridized carbons (Fsp3) is 0.681. The monoisotopic (exact) mass is 1150 g/mol. The number of likely N-dealkylation sites (N-methyl/N-ethyl adjacent to an activating group) is 1. The maximum atomic E-state index is 13.0. The molecule has 0 aromatic heterocycles. The summed E-state index contributed by atoms with van der Waals surface area (Å²) in [5.74, 6) is -0.191. The third-order valence-electron chi connectivity index (χ3n) is 14.1. The van der Waals surface area contributed by atoms with Gasteiger partial charge in [-0.2, -0.15) is 0 Å². The Kier molecular flexibility index (Phi) is 58.7. The highest BCUT2D eigenvalue weighted by Crippen LogP contribution is 2.43. The first kappa shape index (κ1) is 77.6. The van der Waals surface area contributed by atoms with Crippen LogP contribution >= 0.6 is 7.82 Å². The zero-order chi connectivity index (χ0) is 59.1. The van der Waals surface area contributed by atoms with Gasteiger partial charge in [-0.1, -0.05) is 289 Å². The Balaban J connectivity index is 4.09. The number of unbranched alkanes of at least 4 members (excludes halogenated alkanes) is 26. The van der Waals surface area contributed by atoms with Crippen LogP contribution in [0.25, 0.3) is 0 Å². The van der Waals surface area contributed by atoms with E-state index in [2.05, 4.69) is 141 Å². The molecule has 0 fully saturated rings. The highest BCUT2D eigenvalue weighted by molar-refractivity contribution is 7.47. The molecule has 81 heavy (non-hydrogen) atoms. The quantitative estimate of drug-likeness (QED) is 0.0243. The summed E-state index contributed by atoms with van der Waals surface area (Å²) in [6, 6.07) is -0.872. The van der Waals surface area contributed by atoms with Crippen molar-refractivity contribution >= 4 is 13.7 Å². The van der Waals surface area contributed by atoms with Crippen LogP contribution < -0.4 is 5.32 Å². The maximum Gasteiger partial charge on any atom is 0.472 e. The van der Waals surface area contributed by atoms with E-state index in [0.29, 0.717) is 17.4 Å². The molecule has 3 N–H and O–H groups in total. The number of aliphatic hydroxyl groups is 1. The minimum absolute atomic E-state index is 0.0511. The fourth-order valence-corrected chi connectivity index (χ4v) is 9.73. The van der Waals surface area contributed by atoms with Gasteiger partial charge in [0, 0.05) is 6.42 Å². The van der Waals surface area contributed by atoms with E-state index in [1.165, 1.54) is 148 Å². The summed E-state index contributed by atoms with van der Waals surface area (Å²) in [5.41, 5.74) is 0. The molecule has 1 amide bonds. The summed E-state index contributed by atoms with van der Waals surface area (Å²) in [6.45, 7) is 4.68. The van der Waals surface area contributed by atoms with E-state index in [1.807, 2.05) is 27.2 Å². The first-order chi connectivity index (χ1) is 39.5. The van der Waals surface area contributed by atoms with Crippen molar-refractivity contribution in [2.24, 2.45) is 0 Å². The molecule has 464 valence electrons. The molecule has 0 radical (unpaired) electrons. The van der Waals surface area contributed by atoms with Crippen molar-refractivity contribution in [2.75, 3.05) is 40.9 Å². The molecule has 0 aliphatic rings. The smallest absolute Gasteiger partial charge is 0.387 e. The molecule has 0 heterocycles. The number of hydrogen-bond donors (Lipinski definition) is 3. The van der Waals surface area contributed by atoms with Crippen LogP contribution in [0.1, 0.15) is 264 Å². The van der Waals surface area contributed by atoms with Gasteiger partial charge in [-0.15, -0.1) is 0 Å². The number of nitrogens with zero attached hydrogens (tertiary/aromatic N) is 1. The topological polar surface area (TPSA) is 105 Å². The second-order valence-corrected chi connectivity index (χ2v) is 24.6. The average Bonchev–Trinajstić information content (AvgIpc) is 3.43. The van der Waals surface area contributed by atoms with E-state index in [0.717, 1.165) is 96.3 Å². The zero-order valence-electron chi connectivity index (χ0n) is 53.0. The summed E-state index contributed by atoms with van der Waals surface area (Å²) in [4.78, 5) is 23.4. The summed E-state index contributed by atoms with van der Waals surface area (Å²) in [7, 11) is 1.54. The van der Waals surface area contributed by atoms with Gasteiger partial charge in [0.1, 0.15) is 13.2 Å². The van der Waals surface area contributed by atoms with E-state index >= 15 is 0 Å². The molecular weight excluding hydrogens is 1020 g/mol. The number of rotatable bonds is 59. The van der Waals surface area contributed by atoms with Crippen LogP contribution in [-0.2, 0) is 18.4 Å². The molecule has 0 saturated carbocycles. The first-order valence-electron chi connectivity index (χ1n) is 33.1. The number of phosphoric acid groups is 1. The first-order valence-corrected chi connectivity index (χ1v) is 34.6. The van der Waals surface area contributed by atoms with Crippen molar-refractivity contribution in [3.05, 3.63) is 134 Å². The Labute approximate surface area is 500 Å². The van der Waals surface area contributed by atoms with E-state index in [1.54, 1.807) is 6.08 Å². The van der Waals surface area contributed by atoms with Crippen molar-refractivity contribution in [1.29, 1.82) is 0 Å². The lowest BCUT2D eigenvalue weighted by atomic mass is 10.0. The van der Waals surface area contributed by atoms with Gasteiger partial charge in [0.05, 0.1) is 39.9 Å². The maximum absolute atomic E-state index is 13.0. The number of allylic oxidation sites excluding steroid dienone is 21. The summed E-state index contributed by atoms with van der Waals surface area (Å²) in [5, 5.41) is 13.9. The Morgan fingerprint density at radius 3 is 1.14 bits per heavy atom. The predicted molar refractivity (Wildman–Crippen MR) is 355 cm³/mol. The van der Waals surface area contributed by atoms with Gasteiger partial charge in [0.15, 0.2) is 0 Å². The van der Waals surface area contributed by atoms with Crippen molar-refractivity contribution in [3.8, 4) is 0 Å². The number of carbonyl (C=O) groups excluding carboxylic acids is 1. The van der Waals surface area contributed by atoms with Gasteiger partial charge in [0.25, 0.3) is 0 Å². The van der Waals surface area contributed by atoms with E-state index in [-0.39, 0.29) is 19.1 Å². The van der Waals surface area contributed by atoms with Crippen LogP contribution in [0.5, 0.6) is 0 Å². The number of phosphoric ester groups is 1. The second-order valence-electron chi connectivity index (χ2n) is 23.1. The Bertz CT molecular complexity index is 1780. The second kappa shape index (κ2) is 61.2. The van der Waals surface area contributed by atoms with Crippen LogP contribution in [-0.4, -0.2) is 73.4 Å². The van der Waals surface area contributed by atoms with Crippen molar-refractivity contribution in [3.63, 3.8) is 0 Å². The number of aliphatic hydroxyl groups excluding tert-OH is 1. The predicted octanol–water partition coefficient (Wildman–Crippen LogP) is 21.0. The summed E-state index contributed by atoms with van der Waals surface area (Å²) in [6.07, 6.45) is 93.0. The lowest BCUT2D eigenvalue weighted by Gasteiger charge is -2.25. The molecule has 0 aliphatic heterocycles. The third-order valence-corrected chi connectivity index (χ3v) is 15.1. The molecular formula is C72H126N2O6P+. The molecule has 3 unspecified atom stereocenters. The summed E-state index contributed by atoms with van der Waals surface area (Å²) >= 11 is 0. The molecule has 0 spiro atoms. The summed E-state index contributed by atoms with van der Waals surface area (Å²) < 4.78 is 23.7. The Morgan fingerprint density at radius 2 is 0.753 bits per heavy atom. The van der Waals surface area contributed by atoms with Gasteiger partial charge in [-0.25, -0.2) is 4.57 Å². The fourth-order valence-electron chi connectivity index (χ4n) is 8.99. The Hall–Kier alpha value is -3.36. The van der Waals surface area contributed by atoms with Gasteiger partial charge in [-0.3, -0.25) is 13.8 Å². The van der Waals surface area contributed by atoms with Crippen LogP contribution in [0.4, 0.5) is 0 Å². The van der Waals surface area contributed by atoms with E-state index in [4.69, 9.17) is 9.05 Å². The molecule has 0 rings (SSSR count). The third kappa shape index (κ3) is 64.1. The molecule has 0 bridgehead atoms. The van der Waals surface area contributed by atoms with Gasteiger partial charge >= 0.3 is 7.82 Å². The minimum atomic E-state index is -4.36. The lowest BCUT2D eigenvalue weighted by molar-refractivity contribution is -0.870. The molecule has 8 nitrogen and oxygen atoms in total. The molecule has 0 aromatic carbocycles. The van der Waals surface area contributed by atoms with Gasteiger partial charge in [-0.05, 0) is 103 Å². The number of amides is 1. The number of carbonyl (C=O) groups is 1. The van der Waals surface area contributed by atoms with Gasteiger partial charge < -0.3 is 19.8 Å². The van der Waals surface area contributed by atoms with Gasteiger partial charge in [0.2, 0.25) is 5.91 Å². The van der Waals surface area contributed by atoms with E-state index < -0.39 is 20.0 Å². The molecule has 0 aromatic rings. The van der Waals surface area contributed by atoms with Crippen molar-refractivity contribution in [1.82, 2.24) is 5.32 Å². The molecule has 0 saturated heterocycles.